The second kappa shape index (κ2) is 4.52. The molecule has 0 aromatic heterocycles. The van der Waals surface area contributed by atoms with Crippen LogP contribution in [0, 0.1) is 10.1 Å². The molecular weight excluding hydrogens is 253 g/mol. The zero-order valence-corrected chi connectivity index (χ0v) is 7.87. The van der Waals surface area contributed by atoms with Crippen molar-refractivity contribution >= 4 is 5.69 Å². The summed E-state index contributed by atoms with van der Waals surface area (Å²) in [4.78, 5) is 9.11. The first-order valence-electron chi connectivity index (χ1n) is 4.03. The average molecular weight is 257 g/mol. The van der Waals surface area contributed by atoms with E-state index in [1.165, 1.54) is 0 Å². The van der Waals surface area contributed by atoms with Crippen molar-refractivity contribution in [3.63, 3.8) is 0 Å². The van der Waals surface area contributed by atoms with Gasteiger partial charge in [0.25, 0.3) is 6.43 Å². The molecule has 94 valence electrons. The number of nitro groups is 1. The van der Waals surface area contributed by atoms with Crippen molar-refractivity contribution < 1.29 is 31.6 Å². The van der Waals surface area contributed by atoms with Gasteiger partial charge in [0.1, 0.15) is 0 Å². The number of alkyl halides is 5. The Labute approximate surface area is 90.8 Å². The molecule has 0 amide bonds. The molecule has 0 aliphatic rings. The molecule has 0 aliphatic carbocycles. The first-order valence-corrected chi connectivity index (χ1v) is 4.03. The minimum atomic E-state index is -5.19. The monoisotopic (exact) mass is 257 g/mol. The summed E-state index contributed by atoms with van der Waals surface area (Å²) in [6.45, 7) is 0. The van der Waals surface area contributed by atoms with Crippen LogP contribution in [0.5, 0.6) is 5.75 Å². The van der Waals surface area contributed by atoms with E-state index >= 15 is 0 Å². The first kappa shape index (κ1) is 13.1. The summed E-state index contributed by atoms with van der Waals surface area (Å²) >= 11 is 0. The van der Waals surface area contributed by atoms with Crippen molar-refractivity contribution in [1.82, 2.24) is 0 Å². The van der Waals surface area contributed by atoms with Crippen molar-refractivity contribution in [3.05, 3.63) is 33.9 Å². The fourth-order valence-electron chi connectivity index (χ4n) is 1.12. The lowest BCUT2D eigenvalue weighted by molar-refractivity contribution is -0.390. The zero-order valence-electron chi connectivity index (χ0n) is 7.87. The highest BCUT2D eigenvalue weighted by molar-refractivity contribution is 5.53. The molecule has 9 heteroatoms. The van der Waals surface area contributed by atoms with Crippen LogP contribution in [0.15, 0.2) is 18.2 Å². The van der Waals surface area contributed by atoms with Crippen LogP contribution >= 0.6 is 0 Å². The van der Waals surface area contributed by atoms with Crippen LogP contribution in [0.2, 0.25) is 0 Å². The highest BCUT2D eigenvalue weighted by Gasteiger charge is 2.36. The first-order chi connectivity index (χ1) is 7.72. The maximum atomic E-state index is 12.4. The van der Waals surface area contributed by atoms with Gasteiger partial charge in [0.15, 0.2) is 0 Å². The number of nitrogens with zero attached hydrogens (tertiary/aromatic N) is 1. The third-order valence-electron chi connectivity index (χ3n) is 1.67. The Morgan fingerprint density at radius 3 is 2.29 bits per heavy atom. The molecule has 0 N–H and O–H groups in total. The topological polar surface area (TPSA) is 52.4 Å². The molecule has 4 nitrogen and oxygen atoms in total. The summed E-state index contributed by atoms with van der Waals surface area (Å²) in [5.74, 6) is -1.26. The molecule has 0 spiro atoms. The van der Waals surface area contributed by atoms with Gasteiger partial charge in [0.2, 0.25) is 5.75 Å². The minimum Gasteiger partial charge on any atom is -0.398 e. The van der Waals surface area contributed by atoms with Gasteiger partial charge in [-0.2, -0.15) is 0 Å². The molecule has 0 saturated heterocycles. The predicted octanol–water partition coefficient (Wildman–Crippen LogP) is 3.43. The van der Waals surface area contributed by atoms with E-state index in [2.05, 4.69) is 4.74 Å². The number of hydrogen-bond donors (Lipinski definition) is 0. The smallest absolute Gasteiger partial charge is 0.398 e. The van der Waals surface area contributed by atoms with Crippen LogP contribution < -0.4 is 4.74 Å². The molecule has 1 rings (SSSR count). The number of halogens is 5. The molecular formula is C8H4F5NO3. The van der Waals surface area contributed by atoms with Crippen LogP contribution in [0.3, 0.4) is 0 Å². The van der Waals surface area contributed by atoms with Crippen LogP contribution in [-0.2, 0) is 0 Å². The number of ether oxygens (including phenoxy) is 1. The van der Waals surface area contributed by atoms with E-state index in [-0.39, 0.29) is 0 Å². The lowest BCUT2D eigenvalue weighted by Gasteiger charge is -2.10. The molecule has 0 unspecified atom stereocenters. The van der Waals surface area contributed by atoms with E-state index in [4.69, 9.17) is 0 Å². The Morgan fingerprint density at radius 1 is 1.29 bits per heavy atom. The number of nitro benzene ring substituents is 1. The van der Waals surface area contributed by atoms with Gasteiger partial charge in [-0.05, 0) is 12.1 Å². The van der Waals surface area contributed by atoms with Crippen molar-refractivity contribution in [2.24, 2.45) is 0 Å². The standard InChI is InChI=1S/C8H4F5NO3/c9-7(10)4-2-1-3-5(6(4)14(15)16)17-8(11,12)13/h1-3,7H. The second-order valence-electron chi connectivity index (χ2n) is 2.80. The molecule has 0 bridgehead atoms. The maximum absolute atomic E-state index is 12.4. The van der Waals surface area contributed by atoms with Crippen LogP contribution in [-0.4, -0.2) is 11.3 Å². The largest absolute Gasteiger partial charge is 0.573 e. The molecule has 0 aliphatic heterocycles. The Kier molecular flexibility index (Phi) is 3.49. The lowest BCUT2D eigenvalue weighted by Crippen LogP contribution is -2.18. The van der Waals surface area contributed by atoms with Gasteiger partial charge in [0, 0.05) is 0 Å². The fraction of sp³-hybridized carbons (Fsp3) is 0.250. The summed E-state index contributed by atoms with van der Waals surface area (Å²) in [5.41, 5.74) is -2.52. The molecule has 0 saturated carbocycles. The van der Waals surface area contributed by atoms with Gasteiger partial charge in [-0.3, -0.25) is 10.1 Å². The van der Waals surface area contributed by atoms with Gasteiger partial charge in [-0.15, -0.1) is 13.2 Å². The van der Waals surface area contributed by atoms with Gasteiger partial charge in [0.05, 0.1) is 10.5 Å². The van der Waals surface area contributed by atoms with E-state index in [0.717, 1.165) is 6.07 Å². The molecule has 0 radical (unpaired) electrons. The summed E-state index contributed by atoms with van der Waals surface area (Å²) in [6.07, 6.45) is -8.46. The third-order valence-corrected chi connectivity index (χ3v) is 1.67. The zero-order chi connectivity index (χ0) is 13.2. The predicted molar refractivity (Wildman–Crippen MR) is 44.7 cm³/mol. The minimum absolute atomic E-state index is 0.595. The Hall–Kier alpha value is -1.93. The van der Waals surface area contributed by atoms with Gasteiger partial charge in [-0.1, -0.05) is 6.07 Å². The van der Waals surface area contributed by atoms with E-state index < -0.39 is 34.7 Å². The van der Waals surface area contributed by atoms with Gasteiger partial charge in [-0.25, -0.2) is 8.78 Å². The Morgan fingerprint density at radius 2 is 1.88 bits per heavy atom. The molecule has 0 atom stereocenters. The van der Waals surface area contributed by atoms with Crippen molar-refractivity contribution in [2.45, 2.75) is 12.8 Å². The normalized spacial score (nSPS) is 11.6. The molecule has 17 heavy (non-hydrogen) atoms. The van der Waals surface area contributed by atoms with E-state index in [1.807, 2.05) is 0 Å². The number of hydrogen-bond acceptors (Lipinski definition) is 3. The number of benzene rings is 1. The van der Waals surface area contributed by atoms with Crippen molar-refractivity contribution in [2.75, 3.05) is 0 Å². The fourth-order valence-corrected chi connectivity index (χ4v) is 1.12. The van der Waals surface area contributed by atoms with Crippen LogP contribution in [0.4, 0.5) is 27.6 Å². The Balaban J connectivity index is 3.30. The summed E-state index contributed by atoms with van der Waals surface area (Å²) in [7, 11) is 0. The third kappa shape index (κ3) is 3.26. The van der Waals surface area contributed by atoms with E-state index in [1.54, 1.807) is 0 Å². The van der Waals surface area contributed by atoms with Crippen LogP contribution in [0.1, 0.15) is 12.0 Å². The lowest BCUT2D eigenvalue weighted by atomic mass is 10.1. The van der Waals surface area contributed by atoms with Gasteiger partial charge < -0.3 is 4.74 Å². The quantitative estimate of drug-likeness (QED) is 0.473. The SMILES string of the molecule is O=[N+]([O-])c1c(OC(F)(F)F)cccc1C(F)F. The van der Waals surface area contributed by atoms with E-state index in [9.17, 15) is 32.1 Å². The van der Waals surface area contributed by atoms with E-state index in [0.29, 0.717) is 12.1 Å². The highest BCUT2D eigenvalue weighted by Crippen LogP contribution is 2.38. The average Bonchev–Trinajstić information content (AvgIpc) is 2.14. The number of para-hydroxylation sites is 1. The molecule has 0 heterocycles. The Bertz CT molecular complexity index is 432. The highest BCUT2D eigenvalue weighted by atomic mass is 19.4. The summed E-state index contributed by atoms with van der Waals surface area (Å²) in [5, 5.41) is 10.5. The molecule has 0 fully saturated rings. The summed E-state index contributed by atoms with van der Waals surface area (Å²) in [6, 6.07) is 2.07. The number of rotatable bonds is 3. The molecule has 1 aromatic carbocycles. The second-order valence-corrected chi connectivity index (χ2v) is 2.80. The van der Waals surface area contributed by atoms with Crippen molar-refractivity contribution in [3.8, 4) is 5.75 Å². The van der Waals surface area contributed by atoms with Gasteiger partial charge >= 0.3 is 12.0 Å². The summed E-state index contributed by atoms with van der Waals surface area (Å²) < 4.78 is 63.7. The van der Waals surface area contributed by atoms with Crippen molar-refractivity contribution in [1.29, 1.82) is 0 Å². The maximum Gasteiger partial charge on any atom is 0.573 e. The van der Waals surface area contributed by atoms with Crippen LogP contribution in [0.25, 0.3) is 0 Å². The molecule has 1 aromatic rings.